The number of nitrogens with one attached hydrogen (secondary N) is 1. The molecule has 0 saturated carbocycles. The molecule has 0 aliphatic carbocycles. The van der Waals surface area contributed by atoms with Crippen molar-refractivity contribution in [1.29, 1.82) is 0 Å². The summed E-state index contributed by atoms with van der Waals surface area (Å²) in [5.41, 5.74) is 14.6. The van der Waals surface area contributed by atoms with Crippen LogP contribution in [0.5, 0.6) is 5.75 Å². The van der Waals surface area contributed by atoms with Gasteiger partial charge >= 0.3 is 0 Å². The number of azo groups is 3. The van der Waals surface area contributed by atoms with Crippen LogP contribution in [0.25, 0.3) is 10.8 Å². The lowest BCUT2D eigenvalue weighted by Crippen LogP contribution is -2.12. The van der Waals surface area contributed by atoms with E-state index in [1.165, 1.54) is 24.3 Å². The van der Waals surface area contributed by atoms with Crippen molar-refractivity contribution in [2.75, 3.05) is 34.3 Å². The molecule has 6 rings (SSSR count). The van der Waals surface area contributed by atoms with Crippen molar-refractivity contribution in [3.63, 3.8) is 0 Å². The van der Waals surface area contributed by atoms with Crippen LogP contribution in [0.4, 0.5) is 62.6 Å². The van der Waals surface area contributed by atoms with Crippen LogP contribution in [0.1, 0.15) is 0 Å². The summed E-state index contributed by atoms with van der Waals surface area (Å²) >= 11 is 0.203. The van der Waals surface area contributed by atoms with Crippen LogP contribution < -0.4 is 21.9 Å². The van der Waals surface area contributed by atoms with Crippen molar-refractivity contribution in [2.24, 2.45) is 30.7 Å². The van der Waals surface area contributed by atoms with Crippen molar-refractivity contribution < 1.29 is 86.2 Å². The number of sulfone groups is 1. The summed E-state index contributed by atoms with van der Waals surface area (Å²) in [6.07, 6.45) is 0. The van der Waals surface area contributed by atoms with E-state index in [-0.39, 0.29) is 73.7 Å². The topological polar surface area (TPSA) is 491 Å². The normalized spacial score (nSPS) is 12.7. The number of nitro groups is 1. The minimum absolute atomic E-state index is 0.0205. The van der Waals surface area contributed by atoms with Gasteiger partial charge < -0.3 is 22.3 Å². The fourth-order valence-electron chi connectivity index (χ4n) is 6.01. The molecule has 0 spiro atoms. The van der Waals surface area contributed by atoms with E-state index in [1.54, 1.807) is 0 Å². The number of benzene rings is 6. The molecule has 0 aliphatic rings. The van der Waals surface area contributed by atoms with E-state index < -0.39 is 112 Å². The smallest absolute Gasteiger partial charge is 0.296 e. The lowest BCUT2D eigenvalue weighted by atomic mass is 10.1. The molecule has 31 nitrogen and oxygen atoms in total. The second-order valence-electron chi connectivity index (χ2n) is 13.9. The standard InChI is InChI=1S/C36H31N11O20S6/c37-24-16-25(38)28(47(49)50)17-27(24)43-40-19-1-3-21(4-2-19)46-71(55,56)22-7-5-20(6-8-22)41-45-35-31(73(60,61)62)14-18-13-29(68-66-64-51)34(36(48)32(18)33(35)39)44-42-26-10-9-23(15-30(26)72(57,58)59)70(53,54)12-11-63-69-67-65-52/h1-10,13-17,46,48,51-52H,11-12,37-39H2,(H,57,58,59)(H,60,61,62). The van der Waals surface area contributed by atoms with Gasteiger partial charge in [0.15, 0.2) is 27.9 Å². The van der Waals surface area contributed by atoms with Crippen LogP contribution in [0.3, 0.4) is 0 Å². The van der Waals surface area contributed by atoms with Crippen LogP contribution >= 0.6 is 24.4 Å². The molecule has 0 unspecified atom stereocenters. The lowest BCUT2D eigenvalue weighted by Gasteiger charge is -2.14. The third kappa shape index (κ3) is 13.5. The summed E-state index contributed by atoms with van der Waals surface area (Å²) in [4.78, 5) is 7.16. The summed E-state index contributed by atoms with van der Waals surface area (Å²) in [5, 5.41) is 69.2. The van der Waals surface area contributed by atoms with Crippen LogP contribution in [-0.4, -0.2) is 75.7 Å². The number of phenols is 1. The van der Waals surface area contributed by atoms with Crippen molar-refractivity contribution in [1.82, 2.24) is 0 Å². The molecule has 0 bridgehead atoms. The average molecular weight is 1130 g/mol. The first kappa shape index (κ1) is 55.2. The molecule has 0 saturated heterocycles. The Balaban J connectivity index is 1.29. The maximum Gasteiger partial charge on any atom is 0.296 e. The second kappa shape index (κ2) is 22.8. The first-order valence-electron chi connectivity index (χ1n) is 19.0. The van der Waals surface area contributed by atoms with Gasteiger partial charge in [0.2, 0.25) is 0 Å². The molecule has 0 aromatic heterocycles. The van der Waals surface area contributed by atoms with Gasteiger partial charge in [-0.3, -0.25) is 28.1 Å². The van der Waals surface area contributed by atoms with Gasteiger partial charge in [-0.05, 0) is 90.3 Å². The van der Waals surface area contributed by atoms with Crippen molar-refractivity contribution in [3.8, 4) is 5.75 Å². The molecule has 0 atom stereocenters. The maximum atomic E-state index is 13.3. The van der Waals surface area contributed by atoms with E-state index >= 15 is 0 Å². The Morgan fingerprint density at radius 1 is 0.658 bits per heavy atom. The first-order chi connectivity index (χ1) is 34.3. The van der Waals surface area contributed by atoms with Gasteiger partial charge in [0.1, 0.15) is 38.2 Å². The van der Waals surface area contributed by atoms with E-state index in [9.17, 15) is 58.0 Å². The Kier molecular flexibility index (Phi) is 17.2. The predicted molar refractivity (Wildman–Crippen MR) is 255 cm³/mol. The van der Waals surface area contributed by atoms with Gasteiger partial charge in [0, 0.05) is 11.8 Å². The zero-order chi connectivity index (χ0) is 53.5. The zero-order valence-corrected chi connectivity index (χ0v) is 40.6. The van der Waals surface area contributed by atoms with Gasteiger partial charge in [-0.25, -0.2) is 27.4 Å². The van der Waals surface area contributed by atoms with E-state index in [0.29, 0.717) is 6.07 Å². The highest BCUT2D eigenvalue weighted by Crippen LogP contribution is 2.50. The number of anilines is 4. The van der Waals surface area contributed by atoms with Crippen LogP contribution in [0, 0.1) is 10.1 Å². The molecular weight excluding hydrogens is 1100 g/mol. The van der Waals surface area contributed by atoms with Crippen LogP contribution in [0.15, 0.2) is 146 Å². The lowest BCUT2D eigenvalue weighted by molar-refractivity contribution is -0.434. The zero-order valence-electron chi connectivity index (χ0n) is 35.7. The Labute approximate surface area is 418 Å². The molecule has 0 aliphatic heterocycles. The number of hydrogen-bond acceptors (Lipinski definition) is 29. The monoisotopic (exact) mass is 1130 g/mol. The highest BCUT2D eigenvalue weighted by Gasteiger charge is 2.27. The molecule has 0 amide bonds. The van der Waals surface area contributed by atoms with Crippen molar-refractivity contribution >= 4 is 138 Å². The number of sulfonamides is 1. The van der Waals surface area contributed by atoms with Crippen LogP contribution in [-0.2, 0) is 63.0 Å². The Morgan fingerprint density at radius 3 is 1.86 bits per heavy atom. The molecule has 0 heterocycles. The minimum atomic E-state index is -5.26. The number of rotatable bonds is 22. The predicted octanol–water partition coefficient (Wildman–Crippen LogP) is 7.94. The Bertz CT molecular complexity index is 3670. The molecular formula is C36H31N11O20S6. The summed E-state index contributed by atoms with van der Waals surface area (Å²) in [6, 6.07) is 16.2. The van der Waals surface area contributed by atoms with E-state index in [4.69, 9.17) is 31.9 Å². The van der Waals surface area contributed by atoms with E-state index in [1.807, 2.05) is 0 Å². The van der Waals surface area contributed by atoms with Gasteiger partial charge in [-0.2, -0.15) is 27.1 Å². The third-order valence-corrected chi connectivity index (χ3v) is 15.1. The summed E-state index contributed by atoms with van der Waals surface area (Å²) < 4.78 is 138. The number of fused-ring (bicyclic) bond motifs is 1. The average Bonchev–Trinajstić information content (AvgIpc) is 3.32. The second-order valence-corrected chi connectivity index (χ2v) is 21.8. The largest absolute Gasteiger partial charge is 0.505 e. The van der Waals surface area contributed by atoms with Gasteiger partial charge in [-0.1, -0.05) is 10.1 Å². The van der Waals surface area contributed by atoms with E-state index in [0.717, 1.165) is 60.7 Å². The fraction of sp³-hybridized carbons (Fsp3) is 0.0556. The third-order valence-electron chi connectivity index (χ3n) is 9.29. The van der Waals surface area contributed by atoms with Gasteiger partial charge in [0.25, 0.3) is 35.9 Å². The van der Waals surface area contributed by atoms with Gasteiger partial charge in [0.05, 0.1) is 72.1 Å². The summed E-state index contributed by atoms with van der Waals surface area (Å²) in [7, 11) is -19.1. The quantitative estimate of drug-likeness (QED) is 0.00455. The minimum Gasteiger partial charge on any atom is -0.505 e. The molecule has 12 N–H and O–H groups in total. The molecule has 386 valence electrons. The first-order valence-corrected chi connectivity index (χ1v) is 26.4. The molecule has 0 radical (unpaired) electrons. The van der Waals surface area contributed by atoms with Crippen molar-refractivity contribution in [2.45, 2.75) is 24.5 Å². The SMILES string of the molecule is Nc1cc(N)c([N+](=O)[O-])cc1N=Nc1ccc(NS(=O)(=O)c2ccc(N=Nc3c(S(=O)(=O)O)cc4cc(SOOO)c(N=Nc5ccc(S(=O)(=O)CCOSOOO)cc5S(=O)(=O)O)c(O)c4c3N)cc2)cc1. The number of nitro benzene ring substituents is 1. The van der Waals surface area contributed by atoms with E-state index in [2.05, 4.69) is 54.2 Å². The fourth-order valence-corrected chi connectivity index (χ4v) is 10.4. The summed E-state index contributed by atoms with van der Waals surface area (Å²) in [6.45, 7) is -0.557. The van der Waals surface area contributed by atoms with Crippen LogP contribution in [0.2, 0.25) is 0 Å². The Morgan fingerprint density at radius 2 is 1.25 bits per heavy atom. The number of nitrogens with two attached hydrogens (primary N) is 3. The number of hydrogen-bond donors (Lipinski definition) is 9. The highest BCUT2D eigenvalue weighted by molar-refractivity contribution is 7.94. The highest BCUT2D eigenvalue weighted by atomic mass is 32.2. The van der Waals surface area contributed by atoms with Crippen molar-refractivity contribution in [3.05, 3.63) is 101 Å². The number of nitrogen functional groups attached to an aromatic ring is 3. The summed E-state index contributed by atoms with van der Waals surface area (Å²) in [5.74, 6) is -1.73. The molecule has 6 aromatic rings. The molecule has 6 aromatic carbocycles. The molecule has 73 heavy (non-hydrogen) atoms. The molecule has 37 heteroatoms. The number of phenolic OH excluding ortho intramolecular Hbond substituents is 1. The Hall–Kier alpha value is -7.08. The maximum absolute atomic E-state index is 13.3. The number of nitrogens with zero attached hydrogens (tertiary/aromatic N) is 7. The number of aromatic hydroxyl groups is 1. The van der Waals surface area contributed by atoms with Gasteiger partial charge in [-0.15, -0.1) is 29.1 Å². The molecule has 0 fully saturated rings.